The number of Topliss-reactive ketones (excluding diaryl/α,β-unsaturated/α-hetero) is 1. The summed E-state index contributed by atoms with van der Waals surface area (Å²) in [7, 11) is 1.61. The zero-order valence-electron chi connectivity index (χ0n) is 21.0. The van der Waals surface area contributed by atoms with Gasteiger partial charge in [-0.3, -0.25) is 9.59 Å². The van der Waals surface area contributed by atoms with Crippen molar-refractivity contribution in [1.82, 2.24) is 10.2 Å². The van der Waals surface area contributed by atoms with Crippen LogP contribution in [0, 0.1) is 18.7 Å². The van der Waals surface area contributed by atoms with Crippen molar-refractivity contribution in [2.24, 2.45) is 5.92 Å². The molecule has 0 radical (unpaired) electrons. The molecule has 1 atom stereocenters. The molecule has 0 aromatic heterocycles. The number of ether oxygens (including phenoxy) is 1. The number of carbonyl (C=O) groups excluding carboxylic acids is 2. The highest BCUT2D eigenvalue weighted by atomic mass is 19.1. The molecule has 36 heavy (non-hydrogen) atoms. The molecule has 2 aliphatic rings. The highest BCUT2D eigenvalue weighted by Gasteiger charge is 2.19. The van der Waals surface area contributed by atoms with Gasteiger partial charge in [0.05, 0.1) is 6.61 Å². The lowest BCUT2D eigenvalue weighted by molar-refractivity contribution is 0.0935. The number of nitrogens with zero attached hydrogens (tertiary/aromatic N) is 1. The van der Waals surface area contributed by atoms with E-state index >= 15 is 0 Å². The van der Waals surface area contributed by atoms with E-state index in [9.17, 15) is 14.0 Å². The van der Waals surface area contributed by atoms with Crippen LogP contribution in [0.3, 0.4) is 0 Å². The first-order chi connectivity index (χ1) is 17.5. The van der Waals surface area contributed by atoms with Crippen molar-refractivity contribution >= 4 is 23.6 Å². The Morgan fingerprint density at radius 2 is 1.97 bits per heavy atom. The predicted octanol–water partition coefficient (Wildman–Crippen LogP) is 3.85. The highest BCUT2D eigenvalue weighted by molar-refractivity contribution is 6.08. The van der Waals surface area contributed by atoms with Crippen LogP contribution in [0.4, 0.5) is 4.39 Å². The standard InChI is InChI=1S/C30H33FN2O3/c1-21-27(30(35)32-16-18-36-2)14-11-23-15-17-33(20-28(21)23)19-22-5-3-7-24(8-4-6-22)29(34)25-9-12-26(31)13-10-25/h7,9-14,17,20,22H,3-6,8,16,18-19H2,1-2H3,(H,32,35). The van der Waals surface area contributed by atoms with Gasteiger partial charge in [0.1, 0.15) is 5.82 Å². The normalized spacial score (nSPS) is 17.1. The largest absolute Gasteiger partial charge is 0.383 e. The Bertz CT molecular complexity index is 1310. The van der Waals surface area contributed by atoms with Gasteiger partial charge in [-0.1, -0.05) is 11.8 Å². The molecule has 2 aromatic rings. The molecular formula is C30H33FN2O3. The van der Waals surface area contributed by atoms with Crippen molar-refractivity contribution in [2.45, 2.75) is 39.0 Å². The molecule has 0 saturated carbocycles. The maximum atomic E-state index is 13.2. The number of amides is 1. The zero-order valence-corrected chi connectivity index (χ0v) is 21.0. The fourth-order valence-electron chi connectivity index (χ4n) is 4.88. The van der Waals surface area contributed by atoms with E-state index in [0.717, 1.165) is 60.2 Å². The molecule has 188 valence electrons. The maximum Gasteiger partial charge on any atom is 0.251 e. The van der Waals surface area contributed by atoms with Crippen molar-refractivity contribution < 1.29 is 18.7 Å². The summed E-state index contributed by atoms with van der Waals surface area (Å²) in [5.41, 5.74) is 6.35. The Hall–Kier alpha value is -3.47. The van der Waals surface area contributed by atoms with E-state index in [2.05, 4.69) is 28.2 Å². The van der Waals surface area contributed by atoms with Crippen molar-refractivity contribution in [3.8, 4) is 0 Å². The average molecular weight is 489 g/mol. The van der Waals surface area contributed by atoms with Crippen LogP contribution in [0.1, 0.15) is 58.4 Å². The third kappa shape index (κ3) is 6.20. The molecule has 1 aliphatic heterocycles. The summed E-state index contributed by atoms with van der Waals surface area (Å²) in [6.45, 7) is 3.79. The van der Waals surface area contributed by atoms with Crippen LogP contribution >= 0.6 is 0 Å². The summed E-state index contributed by atoms with van der Waals surface area (Å²) in [5.74, 6) is 0.0609. The lowest BCUT2D eigenvalue weighted by Gasteiger charge is -2.25. The summed E-state index contributed by atoms with van der Waals surface area (Å²) in [6, 6.07) is 9.59. The first-order valence-corrected chi connectivity index (χ1v) is 12.6. The summed E-state index contributed by atoms with van der Waals surface area (Å²) >= 11 is 0. The predicted molar refractivity (Wildman–Crippen MR) is 139 cm³/mol. The van der Waals surface area contributed by atoms with Crippen LogP contribution in [0.2, 0.25) is 0 Å². The number of halogens is 1. The Kier molecular flexibility index (Phi) is 8.52. The second-order valence-electron chi connectivity index (χ2n) is 9.45. The van der Waals surface area contributed by atoms with Crippen molar-refractivity contribution in [2.75, 3.05) is 26.8 Å². The van der Waals surface area contributed by atoms with Crippen LogP contribution < -0.4 is 15.8 Å². The molecule has 0 fully saturated rings. The van der Waals surface area contributed by atoms with Gasteiger partial charge < -0.3 is 15.0 Å². The first-order valence-electron chi connectivity index (χ1n) is 12.6. The Morgan fingerprint density at radius 1 is 1.17 bits per heavy atom. The van der Waals surface area contributed by atoms with Gasteiger partial charge in [-0.15, -0.1) is 0 Å². The number of carbonyl (C=O) groups is 2. The highest BCUT2D eigenvalue weighted by Crippen LogP contribution is 2.25. The van der Waals surface area contributed by atoms with E-state index in [-0.39, 0.29) is 17.5 Å². The maximum absolute atomic E-state index is 13.2. The van der Waals surface area contributed by atoms with Gasteiger partial charge >= 0.3 is 0 Å². The number of methoxy groups -OCH3 is 1. The Morgan fingerprint density at radius 3 is 2.75 bits per heavy atom. The van der Waals surface area contributed by atoms with Crippen LogP contribution in [0.15, 0.2) is 54.2 Å². The molecule has 1 N–H and O–H groups in total. The van der Waals surface area contributed by atoms with Gasteiger partial charge in [-0.25, -0.2) is 4.39 Å². The van der Waals surface area contributed by atoms with E-state index in [1.54, 1.807) is 19.2 Å². The van der Waals surface area contributed by atoms with Crippen molar-refractivity contribution in [3.63, 3.8) is 0 Å². The van der Waals surface area contributed by atoms with E-state index < -0.39 is 0 Å². The summed E-state index contributed by atoms with van der Waals surface area (Å²) in [5, 5.41) is 4.91. The zero-order chi connectivity index (χ0) is 25.5. The minimum atomic E-state index is -0.332. The molecule has 5 nitrogen and oxygen atoms in total. The van der Waals surface area contributed by atoms with E-state index in [4.69, 9.17) is 4.74 Å². The second-order valence-corrected chi connectivity index (χ2v) is 9.45. The summed E-state index contributed by atoms with van der Waals surface area (Å²) < 4.78 is 18.2. The van der Waals surface area contributed by atoms with Gasteiger partial charge in [0.15, 0.2) is 5.78 Å². The van der Waals surface area contributed by atoms with Crippen LogP contribution in [0.25, 0.3) is 11.9 Å². The topological polar surface area (TPSA) is 58.6 Å². The molecule has 0 saturated heterocycles. The number of nitrogens with one attached hydrogen (secondary N) is 1. The number of rotatable bonds is 8. The van der Waals surface area contributed by atoms with Gasteiger partial charge in [-0.05, 0) is 92.5 Å². The fourth-order valence-corrected chi connectivity index (χ4v) is 4.88. The molecule has 1 amide bonds. The third-order valence-electron chi connectivity index (χ3n) is 6.92. The van der Waals surface area contributed by atoms with Gasteiger partial charge in [0, 0.05) is 54.2 Å². The molecule has 1 unspecified atom stereocenters. The minimum absolute atomic E-state index is 0.00416. The van der Waals surface area contributed by atoms with E-state index in [1.165, 1.54) is 12.1 Å². The lowest BCUT2D eigenvalue weighted by atomic mass is 9.88. The summed E-state index contributed by atoms with van der Waals surface area (Å²) in [4.78, 5) is 27.6. The number of hydrogen-bond acceptors (Lipinski definition) is 4. The smallest absolute Gasteiger partial charge is 0.251 e. The average Bonchev–Trinajstić information content (AvgIpc) is 2.86. The van der Waals surface area contributed by atoms with Crippen molar-refractivity contribution in [3.05, 3.63) is 87.2 Å². The van der Waals surface area contributed by atoms with E-state index in [1.807, 2.05) is 25.3 Å². The molecule has 4 rings (SSSR count). The molecule has 1 aliphatic carbocycles. The third-order valence-corrected chi connectivity index (χ3v) is 6.92. The van der Waals surface area contributed by atoms with Gasteiger partial charge in [0.2, 0.25) is 0 Å². The summed E-state index contributed by atoms with van der Waals surface area (Å²) in [6.07, 6.45) is 10.7. The number of ketones is 1. The molecule has 6 heteroatoms. The Balaban J connectivity index is 1.41. The monoisotopic (exact) mass is 488 g/mol. The number of allylic oxidation sites excluding steroid dienone is 2. The molecule has 1 heterocycles. The van der Waals surface area contributed by atoms with E-state index in [0.29, 0.717) is 30.2 Å². The molecular weight excluding hydrogens is 455 g/mol. The minimum Gasteiger partial charge on any atom is -0.383 e. The quantitative estimate of drug-likeness (QED) is 0.453. The number of fused-ring (bicyclic) bond motifs is 1. The second kappa shape index (κ2) is 12.0. The molecule has 2 aromatic carbocycles. The first kappa shape index (κ1) is 25.6. The molecule has 0 bridgehead atoms. The Labute approximate surface area is 211 Å². The van der Waals surface area contributed by atoms with Crippen molar-refractivity contribution in [1.29, 1.82) is 0 Å². The van der Waals surface area contributed by atoms with Gasteiger partial charge in [-0.2, -0.15) is 0 Å². The van der Waals surface area contributed by atoms with Crippen LogP contribution in [-0.2, 0) is 4.74 Å². The van der Waals surface area contributed by atoms with Gasteiger partial charge in [0.25, 0.3) is 5.91 Å². The van der Waals surface area contributed by atoms with Crippen LogP contribution in [0.5, 0.6) is 0 Å². The fraction of sp³-hybridized carbons (Fsp3) is 0.367. The lowest BCUT2D eigenvalue weighted by Crippen LogP contribution is -2.37. The number of hydrogen-bond donors (Lipinski definition) is 1. The SMILES string of the molecule is COCCNC(=O)c1ccc2c(c1C)=CN(CC1CCC=C(C(=O)c3ccc(F)cc3)CCC1)C=C=2. The van der Waals surface area contributed by atoms with Crippen LogP contribution in [-0.4, -0.2) is 43.4 Å². The molecule has 0 spiro atoms. The number of benzene rings is 2.